The van der Waals surface area contributed by atoms with Crippen molar-refractivity contribution < 1.29 is 0 Å². The van der Waals surface area contributed by atoms with E-state index in [1.165, 1.54) is 0 Å². The van der Waals surface area contributed by atoms with Crippen molar-refractivity contribution in [3.05, 3.63) is 69.2 Å². The Bertz CT molecular complexity index is 943. The molecule has 4 nitrogen and oxygen atoms in total. The maximum Gasteiger partial charge on any atom is 0.261 e. The van der Waals surface area contributed by atoms with Crippen LogP contribution in [0.25, 0.3) is 10.9 Å². The molecule has 116 valence electrons. The molecule has 0 bridgehead atoms. The van der Waals surface area contributed by atoms with Gasteiger partial charge >= 0.3 is 0 Å². The normalized spacial score (nSPS) is 14.3. The number of nitrogens with zero attached hydrogens (tertiary/aromatic N) is 2. The molecule has 0 atom stereocenters. The number of fused-ring (bicyclic) bond motifs is 1. The van der Waals surface area contributed by atoms with Gasteiger partial charge in [-0.25, -0.2) is 4.98 Å². The Labute approximate surface area is 138 Å². The minimum Gasteiger partial charge on any atom is -0.399 e. The summed E-state index contributed by atoms with van der Waals surface area (Å²) in [5, 5.41) is 1.26. The highest BCUT2D eigenvalue weighted by Gasteiger charge is 2.29. The van der Waals surface area contributed by atoms with E-state index < -0.39 is 0 Å². The molecule has 1 fully saturated rings. The van der Waals surface area contributed by atoms with Gasteiger partial charge in [0.2, 0.25) is 0 Å². The quantitative estimate of drug-likeness (QED) is 0.749. The summed E-state index contributed by atoms with van der Waals surface area (Å²) in [6, 6.07) is 12.9. The van der Waals surface area contributed by atoms with Crippen LogP contribution in [0.5, 0.6) is 0 Å². The van der Waals surface area contributed by atoms with Gasteiger partial charge in [-0.3, -0.25) is 9.36 Å². The molecule has 0 spiro atoms. The molecule has 0 aliphatic heterocycles. The van der Waals surface area contributed by atoms with Crippen LogP contribution in [-0.4, -0.2) is 9.55 Å². The molecular weight excluding hydrogens is 310 g/mol. The molecule has 4 rings (SSSR count). The number of aromatic nitrogens is 2. The summed E-state index contributed by atoms with van der Waals surface area (Å²) in [7, 11) is 0. The van der Waals surface area contributed by atoms with Crippen LogP contribution >= 0.6 is 11.6 Å². The number of nitrogens with two attached hydrogens (primary N) is 1. The molecule has 1 aliphatic rings. The lowest BCUT2D eigenvalue weighted by atomic mass is 10.2. The number of hydrogen-bond donors (Lipinski definition) is 1. The molecular formula is C18H16ClN3O. The molecule has 1 aromatic heterocycles. The van der Waals surface area contributed by atoms with Gasteiger partial charge in [-0.05, 0) is 48.7 Å². The van der Waals surface area contributed by atoms with Crippen LogP contribution < -0.4 is 11.3 Å². The fraction of sp³-hybridized carbons (Fsp3) is 0.222. The van der Waals surface area contributed by atoms with E-state index in [-0.39, 0.29) is 5.56 Å². The average Bonchev–Trinajstić information content (AvgIpc) is 3.37. The zero-order valence-corrected chi connectivity index (χ0v) is 13.3. The van der Waals surface area contributed by atoms with E-state index in [1.807, 2.05) is 30.3 Å². The highest BCUT2D eigenvalue weighted by Crippen LogP contribution is 2.39. The topological polar surface area (TPSA) is 60.9 Å². The van der Waals surface area contributed by atoms with Crippen molar-refractivity contribution in [1.82, 2.24) is 9.55 Å². The van der Waals surface area contributed by atoms with Crippen molar-refractivity contribution in [2.24, 2.45) is 0 Å². The lowest BCUT2D eigenvalue weighted by Gasteiger charge is -2.13. The highest BCUT2D eigenvalue weighted by atomic mass is 35.5. The third kappa shape index (κ3) is 2.70. The smallest absolute Gasteiger partial charge is 0.261 e. The maximum atomic E-state index is 12.9. The first-order valence-corrected chi connectivity index (χ1v) is 8.04. The van der Waals surface area contributed by atoms with Crippen LogP contribution in [0.4, 0.5) is 5.69 Å². The van der Waals surface area contributed by atoms with E-state index in [9.17, 15) is 4.79 Å². The van der Waals surface area contributed by atoms with Gasteiger partial charge in [0.1, 0.15) is 5.82 Å². The summed E-state index contributed by atoms with van der Waals surface area (Å²) in [5.41, 5.74) is 8.13. The van der Waals surface area contributed by atoms with E-state index in [0.29, 0.717) is 28.6 Å². The molecule has 2 aromatic carbocycles. The lowest BCUT2D eigenvalue weighted by molar-refractivity contribution is 0.681. The SMILES string of the molecule is Nc1ccc2nc(C3CC3)n(Cc3ccc(Cl)cc3)c(=O)c2c1. The third-order valence-corrected chi connectivity index (χ3v) is 4.46. The zero-order chi connectivity index (χ0) is 16.0. The van der Waals surface area contributed by atoms with E-state index in [0.717, 1.165) is 29.7 Å². The maximum absolute atomic E-state index is 12.9. The van der Waals surface area contributed by atoms with Crippen LogP contribution in [0.1, 0.15) is 30.1 Å². The molecule has 5 heteroatoms. The third-order valence-electron chi connectivity index (χ3n) is 4.20. The van der Waals surface area contributed by atoms with Gasteiger partial charge in [0.15, 0.2) is 0 Å². The molecule has 0 unspecified atom stereocenters. The summed E-state index contributed by atoms with van der Waals surface area (Å²) >= 11 is 5.94. The highest BCUT2D eigenvalue weighted by molar-refractivity contribution is 6.30. The summed E-state index contributed by atoms with van der Waals surface area (Å²) < 4.78 is 1.78. The fourth-order valence-corrected chi connectivity index (χ4v) is 2.96. The largest absolute Gasteiger partial charge is 0.399 e. The molecule has 3 aromatic rings. The number of rotatable bonds is 3. The standard InChI is InChI=1S/C18H16ClN3O/c19-13-5-1-11(2-6-13)10-22-17(12-3-4-12)21-16-8-7-14(20)9-15(16)18(22)23/h1-2,5-9,12H,3-4,10,20H2. The van der Waals surface area contributed by atoms with Gasteiger partial charge in [0.25, 0.3) is 5.56 Å². The summed E-state index contributed by atoms with van der Waals surface area (Å²) in [5.74, 6) is 1.26. The van der Waals surface area contributed by atoms with Gasteiger partial charge < -0.3 is 5.73 Å². The predicted octanol–water partition coefficient (Wildman–Crippen LogP) is 3.56. The van der Waals surface area contributed by atoms with Crippen molar-refractivity contribution in [2.45, 2.75) is 25.3 Å². The molecule has 1 heterocycles. The first-order chi connectivity index (χ1) is 11.1. The second kappa shape index (κ2) is 5.39. The zero-order valence-electron chi connectivity index (χ0n) is 12.5. The summed E-state index contributed by atoms with van der Waals surface area (Å²) in [6.45, 7) is 0.500. The Kier molecular flexibility index (Phi) is 3.34. The summed E-state index contributed by atoms with van der Waals surface area (Å²) in [4.78, 5) is 17.7. The van der Waals surface area contributed by atoms with Crippen LogP contribution in [0.15, 0.2) is 47.3 Å². The second-order valence-corrected chi connectivity index (χ2v) is 6.48. The lowest BCUT2D eigenvalue weighted by Crippen LogP contribution is -2.25. The van der Waals surface area contributed by atoms with Crippen molar-refractivity contribution in [2.75, 3.05) is 5.73 Å². The van der Waals surface area contributed by atoms with E-state index in [4.69, 9.17) is 22.3 Å². The van der Waals surface area contributed by atoms with Crippen molar-refractivity contribution in [3.8, 4) is 0 Å². The predicted molar refractivity (Wildman–Crippen MR) is 92.9 cm³/mol. The molecule has 0 radical (unpaired) electrons. The van der Waals surface area contributed by atoms with Gasteiger partial charge in [-0.1, -0.05) is 23.7 Å². The number of hydrogen-bond acceptors (Lipinski definition) is 3. The Morgan fingerprint density at radius 2 is 1.91 bits per heavy atom. The van der Waals surface area contributed by atoms with Crippen LogP contribution in [-0.2, 0) is 6.54 Å². The average molecular weight is 326 g/mol. The monoisotopic (exact) mass is 325 g/mol. The van der Waals surface area contributed by atoms with Gasteiger partial charge in [-0.15, -0.1) is 0 Å². The molecule has 0 saturated heterocycles. The van der Waals surface area contributed by atoms with Crippen molar-refractivity contribution in [3.63, 3.8) is 0 Å². The number of nitrogen functional groups attached to an aromatic ring is 1. The minimum atomic E-state index is -0.0286. The number of benzene rings is 2. The van der Waals surface area contributed by atoms with E-state index >= 15 is 0 Å². The first kappa shape index (κ1) is 14.3. The summed E-state index contributed by atoms with van der Waals surface area (Å²) in [6.07, 6.45) is 2.18. The number of anilines is 1. The van der Waals surface area contributed by atoms with Crippen LogP contribution in [0, 0.1) is 0 Å². The van der Waals surface area contributed by atoms with E-state index in [2.05, 4.69) is 0 Å². The Balaban J connectivity index is 1.89. The Hall–Kier alpha value is -2.33. The van der Waals surface area contributed by atoms with Crippen molar-refractivity contribution in [1.29, 1.82) is 0 Å². The van der Waals surface area contributed by atoms with Gasteiger partial charge in [0.05, 0.1) is 17.4 Å². The Morgan fingerprint density at radius 1 is 1.17 bits per heavy atom. The van der Waals surface area contributed by atoms with Gasteiger partial charge in [0, 0.05) is 16.6 Å². The molecule has 0 amide bonds. The molecule has 2 N–H and O–H groups in total. The van der Waals surface area contributed by atoms with Crippen LogP contribution in [0.3, 0.4) is 0 Å². The molecule has 23 heavy (non-hydrogen) atoms. The minimum absolute atomic E-state index is 0.0286. The van der Waals surface area contributed by atoms with Gasteiger partial charge in [-0.2, -0.15) is 0 Å². The first-order valence-electron chi connectivity index (χ1n) is 7.66. The van der Waals surface area contributed by atoms with E-state index in [1.54, 1.807) is 16.7 Å². The van der Waals surface area contributed by atoms with Crippen molar-refractivity contribution >= 4 is 28.2 Å². The Morgan fingerprint density at radius 3 is 2.61 bits per heavy atom. The van der Waals surface area contributed by atoms with Crippen LogP contribution in [0.2, 0.25) is 5.02 Å². The fourth-order valence-electron chi connectivity index (χ4n) is 2.83. The molecule has 1 aliphatic carbocycles. The molecule has 1 saturated carbocycles. The number of halogens is 1. The second-order valence-electron chi connectivity index (χ2n) is 6.04.